The predicted octanol–water partition coefficient (Wildman–Crippen LogP) is 0.904. The Balaban J connectivity index is 1.86. The second kappa shape index (κ2) is 8.79. The van der Waals surface area contributed by atoms with Gasteiger partial charge < -0.3 is 19.7 Å². The molecule has 1 atom stereocenters. The Labute approximate surface area is 144 Å². The standard InChI is InChI=1S/C16H22N2O5S/c1-11(2)14(17-15(20)12-4-3-9-24-12)16(21)23-10-13(19)18-5-7-22-8-6-18/h3-4,9,11,14H,5-8,10H2,1-2H3,(H,17,20)/t14-/m0/s1. The van der Waals surface area contributed by atoms with Crippen molar-refractivity contribution in [2.24, 2.45) is 5.92 Å². The van der Waals surface area contributed by atoms with Crippen LogP contribution >= 0.6 is 11.3 Å². The van der Waals surface area contributed by atoms with E-state index < -0.39 is 12.0 Å². The summed E-state index contributed by atoms with van der Waals surface area (Å²) >= 11 is 1.30. The molecule has 1 fully saturated rings. The molecule has 0 spiro atoms. The maximum absolute atomic E-state index is 12.2. The molecule has 7 nitrogen and oxygen atoms in total. The molecule has 0 unspecified atom stereocenters. The van der Waals surface area contributed by atoms with Crippen LogP contribution in [0.3, 0.4) is 0 Å². The van der Waals surface area contributed by atoms with Crippen LogP contribution in [-0.2, 0) is 19.1 Å². The highest BCUT2D eigenvalue weighted by Crippen LogP contribution is 2.11. The van der Waals surface area contributed by atoms with Crippen LogP contribution in [-0.4, -0.2) is 61.6 Å². The first-order valence-electron chi connectivity index (χ1n) is 7.85. The third kappa shape index (κ3) is 5.04. The lowest BCUT2D eigenvalue weighted by Gasteiger charge is -2.27. The summed E-state index contributed by atoms with van der Waals surface area (Å²) in [4.78, 5) is 38.5. The minimum Gasteiger partial charge on any atom is -0.454 e. The summed E-state index contributed by atoms with van der Waals surface area (Å²) in [5.74, 6) is -1.32. The molecule has 1 saturated heterocycles. The third-order valence-electron chi connectivity index (χ3n) is 3.65. The fraction of sp³-hybridized carbons (Fsp3) is 0.562. The first-order valence-corrected chi connectivity index (χ1v) is 8.73. The van der Waals surface area contributed by atoms with Crippen LogP contribution in [0.4, 0.5) is 0 Å². The molecule has 8 heteroatoms. The first-order chi connectivity index (χ1) is 11.5. The van der Waals surface area contributed by atoms with Crippen molar-refractivity contribution in [2.75, 3.05) is 32.9 Å². The van der Waals surface area contributed by atoms with E-state index in [1.807, 2.05) is 13.8 Å². The summed E-state index contributed by atoms with van der Waals surface area (Å²) in [6, 6.07) is 2.66. The molecule has 1 N–H and O–H groups in total. The first kappa shape index (κ1) is 18.4. The van der Waals surface area contributed by atoms with E-state index in [1.54, 1.807) is 22.4 Å². The number of nitrogens with one attached hydrogen (secondary N) is 1. The molecule has 2 amide bonds. The normalized spacial score (nSPS) is 15.9. The van der Waals surface area contributed by atoms with E-state index in [0.29, 0.717) is 31.2 Å². The van der Waals surface area contributed by atoms with Gasteiger partial charge in [0.25, 0.3) is 11.8 Å². The van der Waals surface area contributed by atoms with Crippen molar-refractivity contribution >= 4 is 29.1 Å². The topological polar surface area (TPSA) is 84.9 Å². The van der Waals surface area contributed by atoms with Gasteiger partial charge in [0.15, 0.2) is 6.61 Å². The molecule has 24 heavy (non-hydrogen) atoms. The second-order valence-corrected chi connectivity index (χ2v) is 6.72. The van der Waals surface area contributed by atoms with Crippen molar-refractivity contribution in [2.45, 2.75) is 19.9 Å². The van der Waals surface area contributed by atoms with Gasteiger partial charge >= 0.3 is 5.97 Å². The lowest BCUT2D eigenvalue weighted by atomic mass is 10.0. The molecule has 1 aromatic rings. The van der Waals surface area contributed by atoms with Crippen molar-refractivity contribution in [3.63, 3.8) is 0 Å². The molecule has 2 heterocycles. The van der Waals surface area contributed by atoms with Crippen LogP contribution in [0, 0.1) is 5.92 Å². The van der Waals surface area contributed by atoms with E-state index in [9.17, 15) is 14.4 Å². The third-order valence-corrected chi connectivity index (χ3v) is 4.52. The maximum Gasteiger partial charge on any atom is 0.329 e. The minimum atomic E-state index is -0.794. The largest absolute Gasteiger partial charge is 0.454 e. The zero-order valence-corrected chi connectivity index (χ0v) is 14.6. The van der Waals surface area contributed by atoms with Gasteiger partial charge in [-0.1, -0.05) is 19.9 Å². The van der Waals surface area contributed by atoms with E-state index in [-0.39, 0.29) is 24.3 Å². The zero-order chi connectivity index (χ0) is 17.5. The highest BCUT2D eigenvalue weighted by atomic mass is 32.1. The molecule has 1 aliphatic heterocycles. The van der Waals surface area contributed by atoms with E-state index in [0.717, 1.165) is 0 Å². The highest BCUT2D eigenvalue weighted by molar-refractivity contribution is 7.12. The Hall–Kier alpha value is -1.93. The monoisotopic (exact) mass is 354 g/mol. The summed E-state index contributed by atoms with van der Waals surface area (Å²) in [6.45, 7) is 5.28. The van der Waals surface area contributed by atoms with Gasteiger partial charge in [0.2, 0.25) is 0 Å². The molecular formula is C16H22N2O5S. The van der Waals surface area contributed by atoms with Gasteiger partial charge in [0, 0.05) is 13.1 Å². The zero-order valence-electron chi connectivity index (χ0n) is 13.8. The van der Waals surface area contributed by atoms with Gasteiger partial charge in [0.05, 0.1) is 18.1 Å². The van der Waals surface area contributed by atoms with Crippen molar-refractivity contribution < 1.29 is 23.9 Å². The maximum atomic E-state index is 12.2. The summed E-state index contributed by atoms with van der Waals surface area (Å²) < 4.78 is 10.3. The number of hydrogen-bond acceptors (Lipinski definition) is 6. The van der Waals surface area contributed by atoms with E-state index >= 15 is 0 Å². The average Bonchev–Trinajstić information content (AvgIpc) is 3.12. The van der Waals surface area contributed by atoms with Crippen LogP contribution in [0.15, 0.2) is 17.5 Å². The van der Waals surface area contributed by atoms with E-state index in [2.05, 4.69) is 5.32 Å². The lowest BCUT2D eigenvalue weighted by molar-refractivity contribution is -0.155. The number of carbonyl (C=O) groups excluding carboxylic acids is 3. The number of morpholine rings is 1. The van der Waals surface area contributed by atoms with Crippen LogP contribution < -0.4 is 5.32 Å². The molecule has 2 rings (SSSR count). The van der Waals surface area contributed by atoms with Gasteiger partial charge in [-0.3, -0.25) is 9.59 Å². The number of ether oxygens (including phenoxy) is 2. The van der Waals surface area contributed by atoms with Gasteiger partial charge in [-0.05, 0) is 17.4 Å². The van der Waals surface area contributed by atoms with Gasteiger partial charge in [-0.15, -0.1) is 11.3 Å². The van der Waals surface area contributed by atoms with Gasteiger partial charge in [0.1, 0.15) is 6.04 Å². The van der Waals surface area contributed by atoms with Crippen LogP contribution in [0.2, 0.25) is 0 Å². The molecule has 1 aromatic heterocycles. The van der Waals surface area contributed by atoms with E-state index in [4.69, 9.17) is 9.47 Å². The van der Waals surface area contributed by atoms with Crippen LogP contribution in [0.25, 0.3) is 0 Å². The molecular weight excluding hydrogens is 332 g/mol. The minimum absolute atomic E-state index is 0.153. The number of rotatable bonds is 6. The molecule has 0 aliphatic carbocycles. The number of hydrogen-bond donors (Lipinski definition) is 1. The Morgan fingerprint density at radius 2 is 2.04 bits per heavy atom. The number of carbonyl (C=O) groups is 3. The molecule has 1 aliphatic rings. The Kier molecular flexibility index (Phi) is 6.74. The number of esters is 1. The highest BCUT2D eigenvalue weighted by Gasteiger charge is 2.28. The van der Waals surface area contributed by atoms with Crippen LogP contribution in [0.5, 0.6) is 0 Å². The molecule has 0 aromatic carbocycles. The number of thiophene rings is 1. The smallest absolute Gasteiger partial charge is 0.329 e. The quantitative estimate of drug-likeness (QED) is 0.768. The lowest BCUT2D eigenvalue weighted by Crippen LogP contribution is -2.47. The fourth-order valence-corrected chi connectivity index (χ4v) is 2.87. The van der Waals surface area contributed by atoms with Crippen LogP contribution in [0.1, 0.15) is 23.5 Å². The molecule has 0 saturated carbocycles. The number of nitrogens with zero attached hydrogens (tertiary/aromatic N) is 1. The van der Waals surface area contributed by atoms with Crippen molar-refractivity contribution in [3.05, 3.63) is 22.4 Å². The number of amides is 2. The fourth-order valence-electron chi connectivity index (χ4n) is 2.24. The summed E-state index contributed by atoms with van der Waals surface area (Å²) in [6.07, 6.45) is 0. The summed E-state index contributed by atoms with van der Waals surface area (Å²) in [5, 5.41) is 4.46. The predicted molar refractivity (Wildman–Crippen MR) is 88.8 cm³/mol. The molecule has 132 valence electrons. The Morgan fingerprint density at radius 3 is 2.62 bits per heavy atom. The van der Waals surface area contributed by atoms with E-state index in [1.165, 1.54) is 11.3 Å². The summed E-state index contributed by atoms with van der Waals surface area (Å²) in [5.41, 5.74) is 0. The average molecular weight is 354 g/mol. The summed E-state index contributed by atoms with van der Waals surface area (Å²) in [7, 11) is 0. The van der Waals surface area contributed by atoms with Gasteiger partial charge in [-0.25, -0.2) is 4.79 Å². The Bertz CT molecular complexity index is 567. The van der Waals surface area contributed by atoms with Crippen molar-refractivity contribution in [1.29, 1.82) is 0 Å². The molecule has 0 radical (unpaired) electrons. The Morgan fingerprint density at radius 1 is 1.33 bits per heavy atom. The molecule has 0 bridgehead atoms. The van der Waals surface area contributed by atoms with Gasteiger partial charge in [-0.2, -0.15) is 0 Å². The van der Waals surface area contributed by atoms with Crippen molar-refractivity contribution in [1.82, 2.24) is 10.2 Å². The second-order valence-electron chi connectivity index (χ2n) is 5.77. The SMILES string of the molecule is CC(C)[C@H](NC(=O)c1cccs1)C(=O)OCC(=O)N1CCOCC1. The van der Waals surface area contributed by atoms with Crippen molar-refractivity contribution in [3.8, 4) is 0 Å².